The number of benzene rings is 1. The molecule has 1 aromatic carbocycles. The summed E-state index contributed by atoms with van der Waals surface area (Å²) >= 11 is 0. The Balaban J connectivity index is 1.77. The van der Waals surface area contributed by atoms with E-state index in [9.17, 15) is 24.9 Å². The lowest BCUT2D eigenvalue weighted by Crippen LogP contribution is -2.44. The summed E-state index contributed by atoms with van der Waals surface area (Å²) in [5.74, 6) is -0.389. The predicted molar refractivity (Wildman–Crippen MR) is 98.4 cm³/mol. The number of rotatable bonds is 6. The smallest absolute Gasteiger partial charge is 0.351 e. The summed E-state index contributed by atoms with van der Waals surface area (Å²) in [6, 6.07) is 10.3. The zero-order valence-corrected chi connectivity index (χ0v) is 15.0. The second-order valence-corrected chi connectivity index (χ2v) is 6.35. The predicted octanol–water partition coefficient (Wildman–Crippen LogP) is -0.326. The first-order valence-electron chi connectivity index (χ1n) is 8.54. The molecule has 2 aromatic rings. The van der Waals surface area contributed by atoms with E-state index in [1.807, 2.05) is 6.07 Å². The van der Waals surface area contributed by atoms with Crippen LogP contribution in [0.1, 0.15) is 11.8 Å². The molecule has 4 atom stereocenters. The Morgan fingerprint density at radius 1 is 1.34 bits per heavy atom. The summed E-state index contributed by atoms with van der Waals surface area (Å²) in [7, 11) is 0. The lowest BCUT2D eigenvalue weighted by molar-refractivity contribution is -0.125. The molecule has 12 heteroatoms. The first-order chi connectivity index (χ1) is 13.9. The lowest BCUT2D eigenvalue weighted by Gasteiger charge is -2.23. The fourth-order valence-electron chi connectivity index (χ4n) is 2.96. The molecule has 1 aromatic heterocycles. The van der Waals surface area contributed by atoms with Gasteiger partial charge in [-0.15, -0.1) is 0 Å². The topological polar surface area (TPSA) is 183 Å². The summed E-state index contributed by atoms with van der Waals surface area (Å²) in [5.41, 5.74) is 6.37. The van der Waals surface area contributed by atoms with Crippen LogP contribution >= 0.6 is 0 Å². The molecular weight excluding hydrogens is 384 g/mol. The highest BCUT2D eigenvalue weighted by atomic mass is 16.6. The first-order valence-corrected chi connectivity index (χ1v) is 8.54. The van der Waals surface area contributed by atoms with E-state index in [2.05, 4.69) is 20.3 Å². The van der Waals surface area contributed by atoms with Crippen molar-refractivity contribution in [2.75, 3.05) is 11.9 Å². The summed E-state index contributed by atoms with van der Waals surface area (Å²) < 4.78 is 6.15. The molecule has 29 heavy (non-hydrogen) atoms. The van der Waals surface area contributed by atoms with E-state index in [-0.39, 0.29) is 18.1 Å². The molecule has 0 radical (unpaired) electrons. The molecule has 3 rings (SSSR count). The zero-order chi connectivity index (χ0) is 21.0. The highest BCUT2D eigenvalue weighted by molar-refractivity contribution is 5.91. The van der Waals surface area contributed by atoms with Crippen LogP contribution in [0.25, 0.3) is 10.4 Å². The van der Waals surface area contributed by atoms with Crippen LogP contribution in [0.2, 0.25) is 0 Å². The van der Waals surface area contributed by atoms with Crippen molar-refractivity contribution in [2.24, 2.45) is 5.11 Å². The fraction of sp³-hybridized carbons (Fsp3) is 0.353. The van der Waals surface area contributed by atoms with Crippen molar-refractivity contribution >= 4 is 11.7 Å². The Morgan fingerprint density at radius 3 is 2.69 bits per heavy atom. The molecule has 2 heterocycles. The highest BCUT2D eigenvalue weighted by Crippen LogP contribution is 2.37. The van der Waals surface area contributed by atoms with Gasteiger partial charge in [-0.3, -0.25) is 9.36 Å². The van der Waals surface area contributed by atoms with Crippen molar-refractivity contribution in [2.45, 2.75) is 30.6 Å². The van der Waals surface area contributed by atoms with Crippen molar-refractivity contribution in [1.82, 2.24) is 9.55 Å². The maximum absolute atomic E-state index is 12.3. The van der Waals surface area contributed by atoms with Gasteiger partial charge in [0.25, 0.3) is 0 Å². The summed E-state index contributed by atoms with van der Waals surface area (Å²) in [5, 5.41) is 35.4. The normalized spacial score (nSPS) is 26.0. The second-order valence-electron chi connectivity index (χ2n) is 6.35. The number of aliphatic hydroxyl groups is 3. The number of amides is 1. The Bertz CT molecular complexity index is 991. The van der Waals surface area contributed by atoms with E-state index in [4.69, 9.17) is 10.3 Å². The molecule has 1 saturated heterocycles. The van der Waals surface area contributed by atoms with Gasteiger partial charge in [-0.1, -0.05) is 35.4 Å². The summed E-state index contributed by atoms with van der Waals surface area (Å²) in [6.45, 7) is -0.915. The van der Waals surface area contributed by atoms with Crippen LogP contribution in [-0.4, -0.2) is 55.3 Å². The minimum Gasteiger partial charge on any atom is -0.393 e. The Hall–Kier alpha value is -3.28. The van der Waals surface area contributed by atoms with Crippen LogP contribution in [-0.2, 0) is 16.0 Å². The number of azide groups is 1. The molecule has 0 unspecified atom stereocenters. The molecule has 0 bridgehead atoms. The van der Waals surface area contributed by atoms with E-state index >= 15 is 0 Å². The number of nitrogens with one attached hydrogen (secondary N) is 1. The molecule has 1 fully saturated rings. The van der Waals surface area contributed by atoms with Crippen molar-refractivity contribution < 1.29 is 24.9 Å². The zero-order valence-electron chi connectivity index (χ0n) is 15.0. The molecule has 12 nitrogen and oxygen atoms in total. The molecule has 152 valence electrons. The van der Waals surface area contributed by atoms with Crippen LogP contribution in [0.15, 0.2) is 52.5 Å². The second kappa shape index (κ2) is 8.39. The van der Waals surface area contributed by atoms with Crippen LogP contribution in [0.3, 0.4) is 0 Å². The van der Waals surface area contributed by atoms with Crippen LogP contribution in [0.5, 0.6) is 0 Å². The van der Waals surface area contributed by atoms with Gasteiger partial charge in [-0.25, -0.2) is 4.79 Å². The third kappa shape index (κ3) is 4.11. The Kier molecular flexibility index (Phi) is 5.92. The average Bonchev–Trinajstić information content (AvgIpc) is 2.95. The summed E-state index contributed by atoms with van der Waals surface area (Å²) in [6.07, 6.45) is -3.63. The average molecular weight is 402 g/mol. The molecule has 0 spiro atoms. The number of nitrogens with zero attached hydrogens (tertiary/aromatic N) is 5. The van der Waals surface area contributed by atoms with Gasteiger partial charge in [-0.2, -0.15) is 4.98 Å². The molecule has 1 amide bonds. The Morgan fingerprint density at radius 2 is 2.07 bits per heavy atom. The quantitative estimate of drug-likeness (QED) is 0.290. The van der Waals surface area contributed by atoms with Gasteiger partial charge in [0.05, 0.1) is 13.0 Å². The van der Waals surface area contributed by atoms with E-state index < -0.39 is 36.5 Å². The molecule has 1 aliphatic heterocycles. The number of ether oxygens (including phenoxy) is 1. The highest BCUT2D eigenvalue weighted by Gasteiger charge is 2.54. The standard InChI is InChI=1S/C17H18N6O6/c18-22-21-17(9-24)14(27)13(26)15(29-17)23-7-6-11(20-16(23)28)19-12(25)8-10-4-2-1-3-5-10/h1-7,13-15,24,26-27H,8-9H2,(H,19,20,25,28)/t13-,14+,15-,17-/m1/s1. The number of aromatic nitrogens is 2. The minimum absolute atomic E-state index is 0.0105. The van der Waals surface area contributed by atoms with Crippen LogP contribution < -0.4 is 11.0 Å². The number of anilines is 1. The molecule has 1 aliphatic rings. The fourth-order valence-corrected chi connectivity index (χ4v) is 2.96. The number of hydrogen-bond acceptors (Lipinski definition) is 8. The third-order valence-corrected chi connectivity index (χ3v) is 4.42. The van der Waals surface area contributed by atoms with E-state index in [0.717, 1.165) is 10.1 Å². The third-order valence-electron chi connectivity index (χ3n) is 4.42. The first kappa shape index (κ1) is 20.5. The molecule has 0 saturated carbocycles. The van der Waals surface area contributed by atoms with Gasteiger partial charge >= 0.3 is 5.69 Å². The van der Waals surface area contributed by atoms with Crippen LogP contribution in [0, 0.1) is 0 Å². The van der Waals surface area contributed by atoms with Gasteiger partial charge < -0.3 is 25.4 Å². The van der Waals surface area contributed by atoms with Crippen molar-refractivity contribution in [3.63, 3.8) is 0 Å². The summed E-state index contributed by atoms with van der Waals surface area (Å²) in [4.78, 5) is 30.6. The minimum atomic E-state index is -2.14. The van der Waals surface area contributed by atoms with Crippen molar-refractivity contribution in [3.05, 3.63) is 69.1 Å². The monoisotopic (exact) mass is 402 g/mol. The maximum atomic E-state index is 12.3. The van der Waals surface area contributed by atoms with E-state index in [1.54, 1.807) is 24.3 Å². The van der Waals surface area contributed by atoms with Gasteiger partial charge in [0.1, 0.15) is 18.0 Å². The number of carbonyl (C=O) groups is 1. The van der Waals surface area contributed by atoms with Crippen LogP contribution in [0.4, 0.5) is 5.82 Å². The number of carbonyl (C=O) groups excluding carboxylic acids is 1. The van der Waals surface area contributed by atoms with Crippen molar-refractivity contribution in [3.8, 4) is 0 Å². The molecule has 4 N–H and O–H groups in total. The number of hydrogen-bond donors (Lipinski definition) is 4. The molecular formula is C17H18N6O6. The van der Waals surface area contributed by atoms with Gasteiger partial charge in [0.2, 0.25) is 11.6 Å². The number of aliphatic hydroxyl groups excluding tert-OH is 3. The SMILES string of the molecule is [N-]=[N+]=N[C@]1(CO)O[C@@H](n2ccc(NC(=O)Cc3ccccc3)nc2=O)[C@H](O)[C@@H]1O. The van der Waals surface area contributed by atoms with Gasteiger partial charge in [0, 0.05) is 11.1 Å². The van der Waals surface area contributed by atoms with Crippen molar-refractivity contribution in [1.29, 1.82) is 0 Å². The largest absolute Gasteiger partial charge is 0.393 e. The van der Waals surface area contributed by atoms with E-state index in [1.165, 1.54) is 12.3 Å². The maximum Gasteiger partial charge on any atom is 0.351 e. The van der Waals surface area contributed by atoms with E-state index in [0.29, 0.717) is 0 Å². The molecule has 0 aliphatic carbocycles. The van der Waals surface area contributed by atoms with Gasteiger partial charge in [-0.05, 0) is 17.2 Å². The Labute approximate surface area is 163 Å². The lowest BCUT2D eigenvalue weighted by atomic mass is 10.1. The van der Waals surface area contributed by atoms with Gasteiger partial charge in [0.15, 0.2) is 6.23 Å².